The van der Waals surface area contributed by atoms with E-state index < -0.39 is 4.92 Å². The van der Waals surface area contributed by atoms with Crippen LogP contribution in [-0.4, -0.2) is 24.5 Å². The molecule has 0 amide bonds. The Morgan fingerprint density at radius 1 is 1.56 bits per heavy atom. The number of benzene rings is 1. The molecule has 8 heteroatoms. The van der Waals surface area contributed by atoms with Crippen molar-refractivity contribution in [3.05, 3.63) is 27.8 Å². The Bertz CT molecular complexity index is 465. The third kappa shape index (κ3) is 3.24. The van der Waals surface area contributed by atoms with E-state index in [1.54, 1.807) is 6.92 Å². The molecule has 0 saturated heterocycles. The molecule has 7 nitrogen and oxygen atoms in total. The van der Waals surface area contributed by atoms with Crippen LogP contribution in [0.2, 0.25) is 0 Å². The molecule has 0 atom stereocenters. The molecule has 0 saturated carbocycles. The Morgan fingerprint density at radius 2 is 2.17 bits per heavy atom. The molecule has 0 bridgehead atoms. The fourth-order valence-electron chi connectivity index (χ4n) is 1.29. The van der Waals surface area contributed by atoms with Gasteiger partial charge in [0.15, 0.2) is 5.69 Å². The van der Waals surface area contributed by atoms with Crippen LogP contribution in [0.5, 0.6) is 5.75 Å². The number of nitrogen functional groups attached to an aromatic ring is 1. The first-order valence-electron chi connectivity index (χ1n) is 4.84. The molecule has 0 aliphatic heterocycles. The molecule has 0 aromatic heterocycles. The van der Waals surface area contributed by atoms with Gasteiger partial charge in [0.2, 0.25) is 5.90 Å². The second-order valence-corrected chi connectivity index (χ2v) is 3.13. The fourth-order valence-corrected chi connectivity index (χ4v) is 1.29. The summed E-state index contributed by atoms with van der Waals surface area (Å²) in [5.74, 6) is -0.00690. The van der Waals surface area contributed by atoms with Gasteiger partial charge in [-0.25, -0.2) is 0 Å². The third-order valence-corrected chi connectivity index (χ3v) is 2.09. The smallest absolute Gasteiger partial charge is 0.296 e. The Hall–Kier alpha value is -2.02. The average molecular weight is 276 g/mol. The zero-order valence-corrected chi connectivity index (χ0v) is 10.7. The van der Waals surface area contributed by atoms with Crippen molar-refractivity contribution in [2.45, 2.75) is 6.92 Å². The summed E-state index contributed by atoms with van der Waals surface area (Å²) in [6, 6.07) is 2.62. The molecule has 0 unspecified atom stereocenters. The average Bonchev–Trinajstić information content (AvgIpc) is 2.29. The largest absolute Gasteiger partial charge is 0.494 e. The zero-order chi connectivity index (χ0) is 13.0. The molecule has 0 aliphatic rings. The number of hydrogen-bond acceptors (Lipinski definition) is 6. The standard InChI is InChI=1S/C10H13N3O4.ClH/c1-3-17-10(12)6-4-7(13(14)15)9(11)8(5-6)16-2;/h4-5,12H,3,11H2,1-2H3;1H. The number of rotatable bonds is 4. The highest BCUT2D eigenvalue weighted by molar-refractivity contribution is 5.94. The predicted molar refractivity (Wildman–Crippen MR) is 69.8 cm³/mol. The van der Waals surface area contributed by atoms with Gasteiger partial charge in [-0.1, -0.05) is 0 Å². The summed E-state index contributed by atoms with van der Waals surface area (Å²) in [5.41, 5.74) is 5.45. The van der Waals surface area contributed by atoms with Gasteiger partial charge in [0, 0.05) is 11.6 Å². The lowest BCUT2D eigenvalue weighted by atomic mass is 10.1. The zero-order valence-electron chi connectivity index (χ0n) is 9.93. The van der Waals surface area contributed by atoms with Gasteiger partial charge in [-0.15, -0.1) is 12.4 Å². The summed E-state index contributed by atoms with van der Waals surface area (Å²) < 4.78 is 9.89. The van der Waals surface area contributed by atoms with Crippen LogP contribution in [0.25, 0.3) is 0 Å². The van der Waals surface area contributed by atoms with Gasteiger partial charge >= 0.3 is 0 Å². The molecule has 0 heterocycles. The summed E-state index contributed by atoms with van der Waals surface area (Å²) in [7, 11) is 1.35. The number of hydrogen-bond donors (Lipinski definition) is 2. The van der Waals surface area contributed by atoms with Gasteiger partial charge in [0.25, 0.3) is 5.69 Å². The van der Waals surface area contributed by atoms with E-state index in [2.05, 4.69) is 0 Å². The second-order valence-electron chi connectivity index (χ2n) is 3.13. The van der Waals surface area contributed by atoms with Crippen molar-refractivity contribution in [1.82, 2.24) is 0 Å². The number of nitrogens with two attached hydrogens (primary N) is 1. The fraction of sp³-hybridized carbons (Fsp3) is 0.300. The first-order chi connectivity index (χ1) is 8.01. The van der Waals surface area contributed by atoms with Crippen molar-refractivity contribution in [2.75, 3.05) is 19.5 Å². The first kappa shape index (κ1) is 16.0. The SMILES string of the molecule is CCOC(=N)c1cc(OC)c(N)c([N+](=O)[O-])c1.Cl. The monoisotopic (exact) mass is 275 g/mol. The maximum atomic E-state index is 10.8. The van der Waals surface area contributed by atoms with Gasteiger partial charge in [-0.2, -0.15) is 0 Å². The normalized spacial score (nSPS) is 9.22. The van der Waals surface area contributed by atoms with Crippen molar-refractivity contribution in [3.63, 3.8) is 0 Å². The van der Waals surface area contributed by atoms with E-state index in [4.69, 9.17) is 20.6 Å². The molecular weight excluding hydrogens is 262 g/mol. The maximum absolute atomic E-state index is 10.8. The summed E-state index contributed by atoms with van der Waals surface area (Å²) >= 11 is 0. The molecule has 0 radical (unpaired) electrons. The van der Waals surface area contributed by atoms with Crippen LogP contribution in [-0.2, 0) is 4.74 Å². The summed E-state index contributed by atoms with van der Waals surface area (Å²) in [6.07, 6.45) is 0. The first-order valence-corrected chi connectivity index (χ1v) is 4.84. The predicted octanol–water partition coefficient (Wildman–Crippen LogP) is 1.97. The number of methoxy groups -OCH3 is 1. The highest BCUT2D eigenvalue weighted by Crippen LogP contribution is 2.33. The topological polar surface area (TPSA) is 111 Å². The van der Waals surface area contributed by atoms with E-state index >= 15 is 0 Å². The van der Waals surface area contributed by atoms with E-state index in [1.807, 2.05) is 0 Å². The van der Waals surface area contributed by atoms with Crippen molar-refractivity contribution in [1.29, 1.82) is 5.41 Å². The van der Waals surface area contributed by atoms with E-state index in [1.165, 1.54) is 19.2 Å². The third-order valence-electron chi connectivity index (χ3n) is 2.09. The van der Waals surface area contributed by atoms with Crippen molar-refractivity contribution in [3.8, 4) is 5.75 Å². The van der Waals surface area contributed by atoms with Gasteiger partial charge in [0.1, 0.15) is 5.75 Å². The van der Waals surface area contributed by atoms with Crippen molar-refractivity contribution < 1.29 is 14.4 Å². The van der Waals surface area contributed by atoms with Crippen LogP contribution in [0.1, 0.15) is 12.5 Å². The lowest BCUT2D eigenvalue weighted by Gasteiger charge is -2.09. The molecule has 0 spiro atoms. The summed E-state index contributed by atoms with van der Waals surface area (Å²) in [4.78, 5) is 10.2. The minimum absolute atomic E-state index is 0. The number of nitrogens with zero attached hydrogens (tertiary/aromatic N) is 1. The lowest BCUT2D eigenvalue weighted by molar-refractivity contribution is -0.384. The van der Waals surface area contributed by atoms with Crippen molar-refractivity contribution in [2.24, 2.45) is 0 Å². The Kier molecular flexibility index (Phi) is 5.90. The second kappa shape index (κ2) is 6.65. The van der Waals surface area contributed by atoms with Crippen LogP contribution >= 0.6 is 12.4 Å². The Labute approximate surface area is 110 Å². The molecule has 18 heavy (non-hydrogen) atoms. The molecule has 1 rings (SSSR count). The molecule has 100 valence electrons. The van der Waals surface area contributed by atoms with Crippen LogP contribution in [0.4, 0.5) is 11.4 Å². The molecule has 3 N–H and O–H groups in total. The minimum atomic E-state index is -0.624. The van der Waals surface area contributed by atoms with Crippen LogP contribution < -0.4 is 10.5 Å². The van der Waals surface area contributed by atoms with Gasteiger partial charge in [0.05, 0.1) is 18.6 Å². The number of anilines is 1. The molecule has 1 aromatic carbocycles. The molecule has 0 fully saturated rings. The van der Waals surface area contributed by atoms with Gasteiger partial charge in [-0.05, 0) is 13.0 Å². The number of halogens is 1. The van der Waals surface area contributed by atoms with Gasteiger partial charge < -0.3 is 15.2 Å². The molecular formula is C10H14ClN3O4. The number of ether oxygens (including phenoxy) is 2. The van der Waals surface area contributed by atoms with Crippen LogP contribution in [0.3, 0.4) is 0 Å². The molecule has 0 aliphatic carbocycles. The number of nitrogens with one attached hydrogen (secondary N) is 1. The Morgan fingerprint density at radius 3 is 2.61 bits per heavy atom. The molecule has 1 aromatic rings. The van der Waals surface area contributed by atoms with E-state index in [0.29, 0.717) is 6.61 Å². The minimum Gasteiger partial charge on any atom is -0.494 e. The van der Waals surface area contributed by atoms with E-state index in [9.17, 15) is 10.1 Å². The number of nitro benzene ring substituents is 1. The Balaban J connectivity index is 0.00000289. The van der Waals surface area contributed by atoms with E-state index in [0.717, 1.165) is 0 Å². The highest BCUT2D eigenvalue weighted by atomic mass is 35.5. The lowest BCUT2D eigenvalue weighted by Crippen LogP contribution is -2.07. The van der Waals surface area contributed by atoms with E-state index in [-0.39, 0.29) is 41.0 Å². The number of nitro groups is 1. The maximum Gasteiger partial charge on any atom is 0.296 e. The summed E-state index contributed by atoms with van der Waals surface area (Å²) in [6.45, 7) is 2.02. The van der Waals surface area contributed by atoms with Gasteiger partial charge in [-0.3, -0.25) is 15.5 Å². The van der Waals surface area contributed by atoms with Crippen LogP contribution in [0.15, 0.2) is 12.1 Å². The van der Waals surface area contributed by atoms with Crippen LogP contribution in [0, 0.1) is 15.5 Å². The van der Waals surface area contributed by atoms with Crippen molar-refractivity contribution >= 4 is 29.7 Å². The highest BCUT2D eigenvalue weighted by Gasteiger charge is 2.19. The quantitative estimate of drug-likeness (QED) is 0.287. The summed E-state index contributed by atoms with van der Waals surface area (Å²) in [5, 5.41) is 18.3.